The average molecular weight is 410 g/mol. The Balaban J connectivity index is 0.00000261. The second-order valence-corrected chi connectivity index (χ2v) is 6.46. The summed E-state index contributed by atoms with van der Waals surface area (Å²) in [4.78, 5) is 21.1. The summed E-state index contributed by atoms with van der Waals surface area (Å²) in [6.07, 6.45) is 1.08. The number of esters is 1. The number of carbonyl (C=O) groups excluding carboxylic acids is 1. The number of nitrogens with one attached hydrogen (secondary N) is 1. The number of anilines is 2. The third-order valence-corrected chi connectivity index (χ3v) is 3.93. The van der Waals surface area contributed by atoms with Crippen LogP contribution < -0.4 is 5.32 Å². The fourth-order valence-corrected chi connectivity index (χ4v) is 2.65. The normalized spacial score (nSPS) is 10.6. The van der Waals surface area contributed by atoms with Gasteiger partial charge in [0.15, 0.2) is 11.5 Å². The van der Waals surface area contributed by atoms with E-state index in [1.807, 2.05) is 6.92 Å². The smallest absolute Gasteiger partial charge is 0.342 e. The number of ether oxygens (including phenoxy) is 1. The number of fused-ring (bicyclic) bond motifs is 1. The molecule has 0 aliphatic heterocycles. The van der Waals surface area contributed by atoms with Crippen LogP contribution in [0.5, 0.6) is 0 Å². The van der Waals surface area contributed by atoms with Crippen LogP contribution in [0.3, 0.4) is 0 Å². The quantitative estimate of drug-likeness (QED) is 0.579. The van der Waals surface area contributed by atoms with Crippen LogP contribution in [0.1, 0.15) is 29.9 Å². The number of benzene rings is 1. The molecule has 0 amide bonds. The molecule has 0 atom stereocenters. The van der Waals surface area contributed by atoms with Crippen molar-refractivity contribution in [1.82, 2.24) is 9.97 Å². The molecule has 8 heteroatoms. The van der Waals surface area contributed by atoms with Gasteiger partial charge in [-0.25, -0.2) is 19.2 Å². The van der Waals surface area contributed by atoms with Crippen LogP contribution >= 0.6 is 24.0 Å². The number of halogens is 3. The molecule has 3 aromatic rings. The lowest BCUT2D eigenvalue weighted by molar-refractivity contribution is 0.0379. The fourth-order valence-electron chi connectivity index (χ4n) is 2.47. The van der Waals surface area contributed by atoms with Crippen molar-refractivity contribution >= 4 is 52.4 Å². The van der Waals surface area contributed by atoms with Gasteiger partial charge in [-0.3, -0.25) is 0 Å². The Hall–Kier alpha value is -2.44. The minimum atomic E-state index is -0.609. The SMILES string of the molecule is Cc1ccc2c(Nc3cccc(Cl)c3F)c(C(=O)OC(C)C)cnc2n1.Cl. The summed E-state index contributed by atoms with van der Waals surface area (Å²) in [7, 11) is 0. The molecule has 2 heterocycles. The van der Waals surface area contributed by atoms with E-state index < -0.39 is 11.8 Å². The van der Waals surface area contributed by atoms with Crippen molar-refractivity contribution in [2.75, 3.05) is 5.32 Å². The van der Waals surface area contributed by atoms with Crippen LogP contribution in [-0.4, -0.2) is 22.0 Å². The van der Waals surface area contributed by atoms with Gasteiger partial charge in [-0.15, -0.1) is 12.4 Å². The topological polar surface area (TPSA) is 64.1 Å². The van der Waals surface area contributed by atoms with Crippen LogP contribution in [0.25, 0.3) is 11.0 Å². The molecule has 1 N–H and O–H groups in total. The number of carbonyl (C=O) groups is 1. The van der Waals surface area contributed by atoms with Gasteiger partial charge in [0.2, 0.25) is 0 Å². The van der Waals surface area contributed by atoms with E-state index >= 15 is 0 Å². The minimum absolute atomic E-state index is 0. The number of aromatic nitrogens is 2. The van der Waals surface area contributed by atoms with E-state index in [-0.39, 0.29) is 34.8 Å². The first kappa shape index (κ1) is 20.9. The Labute approximate surface area is 167 Å². The molecule has 0 aliphatic carbocycles. The number of hydrogen-bond acceptors (Lipinski definition) is 5. The van der Waals surface area contributed by atoms with Crippen molar-refractivity contribution in [1.29, 1.82) is 0 Å². The predicted molar refractivity (Wildman–Crippen MR) is 107 cm³/mol. The van der Waals surface area contributed by atoms with Gasteiger partial charge >= 0.3 is 5.97 Å². The molecule has 0 saturated heterocycles. The lowest BCUT2D eigenvalue weighted by Gasteiger charge is -2.16. The van der Waals surface area contributed by atoms with Crippen molar-refractivity contribution in [2.24, 2.45) is 0 Å². The molecule has 3 rings (SSSR count). The molecule has 0 spiro atoms. The molecule has 0 saturated carbocycles. The van der Waals surface area contributed by atoms with E-state index in [2.05, 4.69) is 15.3 Å². The van der Waals surface area contributed by atoms with E-state index in [0.717, 1.165) is 5.69 Å². The van der Waals surface area contributed by atoms with Gasteiger partial charge in [-0.05, 0) is 45.0 Å². The monoisotopic (exact) mass is 409 g/mol. The fraction of sp³-hybridized carbons (Fsp3) is 0.211. The van der Waals surface area contributed by atoms with Crippen molar-refractivity contribution in [3.63, 3.8) is 0 Å². The van der Waals surface area contributed by atoms with Crippen LogP contribution in [-0.2, 0) is 4.74 Å². The Morgan fingerprint density at radius 2 is 2.00 bits per heavy atom. The lowest BCUT2D eigenvalue weighted by Crippen LogP contribution is -2.14. The molecule has 0 bridgehead atoms. The zero-order valence-corrected chi connectivity index (χ0v) is 16.5. The van der Waals surface area contributed by atoms with Gasteiger partial charge in [0.25, 0.3) is 0 Å². The highest BCUT2D eigenvalue weighted by Gasteiger charge is 2.20. The van der Waals surface area contributed by atoms with Crippen molar-refractivity contribution < 1.29 is 13.9 Å². The molecule has 0 aliphatic rings. The lowest BCUT2D eigenvalue weighted by atomic mass is 10.1. The highest BCUT2D eigenvalue weighted by molar-refractivity contribution is 6.31. The van der Waals surface area contributed by atoms with E-state index in [9.17, 15) is 9.18 Å². The molecule has 0 radical (unpaired) electrons. The molecule has 0 fully saturated rings. The Morgan fingerprint density at radius 1 is 1.26 bits per heavy atom. The van der Waals surface area contributed by atoms with Crippen LogP contribution in [0.4, 0.5) is 15.8 Å². The zero-order chi connectivity index (χ0) is 18.8. The predicted octanol–water partition coefficient (Wildman–Crippen LogP) is 5.46. The van der Waals surface area contributed by atoms with E-state index in [0.29, 0.717) is 16.7 Å². The Kier molecular flexibility index (Phi) is 6.57. The van der Waals surface area contributed by atoms with Gasteiger partial charge in [0.1, 0.15) is 5.56 Å². The van der Waals surface area contributed by atoms with Crippen LogP contribution in [0.2, 0.25) is 5.02 Å². The molecule has 2 aromatic heterocycles. The Bertz CT molecular complexity index is 996. The van der Waals surface area contributed by atoms with Gasteiger partial charge in [-0.1, -0.05) is 17.7 Å². The summed E-state index contributed by atoms with van der Waals surface area (Å²) >= 11 is 5.86. The van der Waals surface area contributed by atoms with Gasteiger partial charge in [-0.2, -0.15) is 0 Å². The minimum Gasteiger partial charge on any atom is -0.459 e. The van der Waals surface area contributed by atoms with Crippen LogP contribution in [0, 0.1) is 12.7 Å². The first-order valence-electron chi connectivity index (χ1n) is 8.05. The molecule has 1 aromatic carbocycles. The summed E-state index contributed by atoms with van der Waals surface area (Å²) < 4.78 is 19.6. The van der Waals surface area contributed by atoms with Crippen LogP contribution in [0.15, 0.2) is 36.5 Å². The maximum atomic E-state index is 14.4. The first-order chi connectivity index (χ1) is 12.4. The summed E-state index contributed by atoms with van der Waals surface area (Å²) in [5, 5.41) is 3.52. The molecule has 5 nitrogen and oxygen atoms in total. The number of pyridine rings is 2. The molecule has 0 unspecified atom stereocenters. The number of rotatable bonds is 4. The second kappa shape index (κ2) is 8.50. The van der Waals surface area contributed by atoms with E-state index in [4.69, 9.17) is 16.3 Å². The second-order valence-electron chi connectivity index (χ2n) is 6.05. The molecule has 142 valence electrons. The number of hydrogen-bond donors (Lipinski definition) is 1. The zero-order valence-electron chi connectivity index (χ0n) is 14.9. The summed E-state index contributed by atoms with van der Waals surface area (Å²) in [6, 6.07) is 8.17. The summed E-state index contributed by atoms with van der Waals surface area (Å²) in [5.41, 5.74) is 1.92. The standard InChI is InChI=1S/C19H17ClFN3O2.ClH/c1-10(2)26-19(25)13-9-22-18-12(8-7-11(3)23-18)17(13)24-15-6-4-5-14(20)16(15)21;/h4-10H,1-3H3,(H,22,23,24);1H. The maximum Gasteiger partial charge on any atom is 0.342 e. The number of nitrogens with zero attached hydrogens (tertiary/aromatic N) is 2. The highest BCUT2D eigenvalue weighted by atomic mass is 35.5. The van der Waals surface area contributed by atoms with Crippen molar-refractivity contribution in [3.05, 3.63) is 58.6 Å². The first-order valence-corrected chi connectivity index (χ1v) is 8.43. The third kappa shape index (κ3) is 4.46. The number of aryl methyl sites for hydroxylation is 1. The maximum absolute atomic E-state index is 14.4. The van der Waals surface area contributed by atoms with Gasteiger partial charge in [0.05, 0.1) is 22.5 Å². The highest BCUT2D eigenvalue weighted by Crippen LogP contribution is 2.32. The van der Waals surface area contributed by atoms with Crippen molar-refractivity contribution in [3.8, 4) is 0 Å². The van der Waals surface area contributed by atoms with E-state index in [1.165, 1.54) is 18.3 Å². The van der Waals surface area contributed by atoms with Gasteiger partial charge < -0.3 is 10.1 Å². The molecular formula is C19H18Cl2FN3O2. The average Bonchev–Trinajstić information content (AvgIpc) is 2.58. The summed E-state index contributed by atoms with van der Waals surface area (Å²) in [6.45, 7) is 5.34. The van der Waals surface area contributed by atoms with E-state index in [1.54, 1.807) is 32.0 Å². The van der Waals surface area contributed by atoms with Gasteiger partial charge in [0, 0.05) is 17.3 Å². The Morgan fingerprint density at radius 3 is 2.70 bits per heavy atom. The third-order valence-electron chi connectivity index (χ3n) is 3.64. The summed E-state index contributed by atoms with van der Waals surface area (Å²) in [5.74, 6) is -1.16. The van der Waals surface area contributed by atoms with Crippen molar-refractivity contribution in [2.45, 2.75) is 26.9 Å². The molecular weight excluding hydrogens is 392 g/mol. The molecule has 27 heavy (non-hydrogen) atoms. The largest absolute Gasteiger partial charge is 0.459 e.